The molecule has 2 fully saturated rings. The van der Waals surface area contributed by atoms with Crippen LogP contribution in [0.2, 0.25) is 0 Å². The molecule has 3 atom stereocenters. The molecule has 3 rings (SSSR count). The molecule has 28 heavy (non-hydrogen) atoms. The van der Waals surface area contributed by atoms with Crippen LogP contribution in [0.15, 0.2) is 35.3 Å². The molecule has 0 bridgehead atoms. The third kappa shape index (κ3) is 6.49. The molecule has 156 valence electrons. The van der Waals surface area contributed by atoms with Gasteiger partial charge in [-0.1, -0.05) is 37.3 Å². The largest absolute Gasteiger partial charge is 0.355 e. The van der Waals surface area contributed by atoms with E-state index in [0.717, 1.165) is 44.5 Å². The van der Waals surface area contributed by atoms with Crippen LogP contribution in [-0.4, -0.2) is 67.6 Å². The van der Waals surface area contributed by atoms with Crippen molar-refractivity contribution < 1.29 is 0 Å². The van der Waals surface area contributed by atoms with E-state index >= 15 is 0 Å². The minimum absolute atomic E-state index is 0.503. The monoisotopic (exact) mass is 385 g/mol. The molecule has 5 heteroatoms. The highest BCUT2D eigenvalue weighted by Crippen LogP contribution is 2.20. The number of hydrogen-bond acceptors (Lipinski definition) is 3. The van der Waals surface area contributed by atoms with Crippen molar-refractivity contribution in [3.63, 3.8) is 0 Å². The van der Waals surface area contributed by atoms with Gasteiger partial charge in [-0.2, -0.15) is 0 Å². The molecule has 3 unspecified atom stereocenters. The topological polar surface area (TPSA) is 42.9 Å². The average molecular weight is 386 g/mol. The number of rotatable bonds is 6. The van der Waals surface area contributed by atoms with E-state index < -0.39 is 0 Å². The van der Waals surface area contributed by atoms with Gasteiger partial charge in [-0.05, 0) is 50.6 Å². The number of nitrogens with zero attached hydrogens (tertiary/aromatic N) is 3. The maximum atomic E-state index is 4.45. The zero-order valence-electron chi connectivity index (χ0n) is 18.0. The van der Waals surface area contributed by atoms with Gasteiger partial charge >= 0.3 is 0 Å². The molecule has 0 saturated carbocycles. The number of likely N-dealkylation sites (tertiary alicyclic amines) is 2. The molecule has 0 amide bonds. The van der Waals surface area contributed by atoms with Gasteiger partial charge in [-0.25, -0.2) is 0 Å². The number of hydrogen-bond donors (Lipinski definition) is 2. The molecule has 2 aliphatic rings. The van der Waals surface area contributed by atoms with E-state index in [4.69, 9.17) is 0 Å². The van der Waals surface area contributed by atoms with Gasteiger partial charge in [0.1, 0.15) is 0 Å². The number of guanidine groups is 1. The minimum Gasteiger partial charge on any atom is -0.355 e. The highest BCUT2D eigenvalue weighted by Gasteiger charge is 2.26. The summed E-state index contributed by atoms with van der Waals surface area (Å²) < 4.78 is 0. The average Bonchev–Trinajstić information content (AvgIpc) is 2.70. The van der Waals surface area contributed by atoms with Gasteiger partial charge in [0.05, 0.1) is 0 Å². The van der Waals surface area contributed by atoms with Crippen LogP contribution in [-0.2, 0) is 6.54 Å². The Bertz CT molecular complexity index is 602. The van der Waals surface area contributed by atoms with Crippen molar-refractivity contribution in [2.45, 2.75) is 58.2 Å². The molecule has 1 aromatic carbocycles. The van der Waals surface area contributed by atoms with Gasteiger partial charge < -0.3 is 15.5 Å². The van der Waals surface area contributed by atoms with E-state index in [0.29, 0.717) is 12.1 Å². The van der Waals surface area contributed by atoms with Gasteiger partial charge in [0.25, 0.3) is 0 Å². The lowest BCUT2D eigenvalue weighted by atomic mass is 9.97. The molecule has 0 aromatic heterocycles. The Morgan fingerprint density at radius 1 is 1.14 bits per heavy atom. The standard InChI is InChI=1S/C23H39N5/c1-19-8-7-13-27(17-19)15-12-25-23(24-3)26-22-11-14-28(20(2)16-22)18-21-9-5-4-6-10-21/h4-6,9-10,19-20,22H,7-8,11-18H2,1-3H3,(H2,24,25,26). The predicted octanol–water partition coefficient (Wildman–Crippen LogP) is 2.94. The molecule has 2 saturated heterocycles. The Hall–Kier alpha value is -1.59. The first-order valence-corrected chi connectivity index (χ1v) is 11.1. The summed E-state index contributed by atoms with van der Waals surface area (Å²) in [4.78, 5) is 9.63. The molecule has 2 heterocycles. The van der Waals surface area contributed by atoms with Crippen molar-refractivity contribution in [2.24, 2.45) is 10.9 Å². The Morgan fingerprint density at radius 2 is 1.96 bits per heavy atom. The summed E-state index contributed by atoms with van der Waals surface area (Å²) >= 11 is 0. The van der Waals surface area contributed by atoms with Gasteiger partial charge in [-0.15, -0.1) is 0 Å². The van der Waals surface area contributed by atoms with Crippen molar-refractivity contribution in [3.05, 3.63) is 35.9 Å². The summed E-state index contributed by atoms with van der Waals surface area (Å²) in [5.74, 6) is 1.80. The molecule has 0 aliphatic carbocycles. The van der Waals surface area contributed by atoms with Crippen LogP contribution < -0.4 is 10.6 Å². The van der Waals surface area contributed by atoms with E-state index in [9.17, 15) is 0 Å². The van der Waals surface area contributed by atoms with Crippen LogP contribution >= 0.6 is 0 Å². The molecule has 0 spiro atoms. The quantitative estimate of drug-likeness (QED) is 0.584. The zero-order chi connectivity index (χ0) is 19.8. The smallest absolute Gasteiger partial charge is 0.191 e. The fraction of sp³-hybridized carbons (Fsp3) is 0.696. The first-order valence-electron chi connectivity index (χ1n) is 11.1. The summed E-state index contributed by atoms with van der Waals surface area (Å²) in [5.41, 5.74) is 1.41. The van der Waals surface area contributed by atoms with Crippen LogP contribution in [0.1, 0.15) is 45.1 Å². The van der Waals surface area contributed by atoms with Crippen molar-refractivity contribution in [3.8, 4) is 0 Å². The van der Waals surface area contributed by atoms with Crippen molar-refractivity contribution >= 4 is 5.96 Å². The van der Waals surface area contributed by atoms with Gasteiger partial charge in [0.2, 0.25) is 0 Å². The van der Waals surface area contributed by atoms with Crippen molar-refractivity contribution in [1.29, 1.82) is 0 Å². The lowest BCUT2D eigenvalue weighted by Gasteiger charge is -2.38. The molecule has 1 aromatic rings. The van der Waals surface area contributed by atoms with E-state index in [1.165, 1.54) is 37.9 Å². The second-order valence-corrected chi connectivity index (χ2v) is 8.72. The van der Waals surface area contributed by atoms with Crippen molar-refractivity contribution in [2.75, 3.05) is 39.8 Å². The third-order valence-electron chi connectivity index (χ3n) is 6.27. The van der Waals surface area contributed by atoms with E-state index in [2.05, 4.69) is 69.6 Å². The lowest BCUT2D eigenvalue weighted by Crippen LogP contribution is -2.52. The first kappa shape index (κ1) is 21.1. The fourth-order valence-electron chi connectivity index (χ4n) is 4.61. The molecule has 2 N–H and O–H groups in total. The van der Waals surface area contributed by atoms with Crippen molar-refractivity contribution in [1.82, 2.24) is 20.4 Å². The minimum atomic E-state index is 0.503. The predicted molar refractivity (Wildman–Crippen MR) is 119 cm³/mol. The first-order chi connectivity index (χ1) is 13.6. The molecule has 0 radical (unpaired) electrons. The maximum absolute atomic E-state index is 4.45. The van der Waals surface area contributed by atoms with Crippen LogP contribution in [0.3, 0.4) is 0 Å². The number of nitrogens with one attached hydrogen (secondary N) is 2. The van der Waals surface area contributed by atoms with E-state index in [1.807, 2.05) is 7.05 Å². The van der Waals surface area contributed by atoms with Gasteiger partial charge in [0.15, 0.2) is 5.96 Å². The molecule has 2 aliphatic heterocycles. The number of benzene rings is 1. The Kier molecular flexibility index (Phi) is 8.16. The molecular formula is C23H39N5. The van der Waals surface area contributed by atoms with Gasteiger partial charge in [0, 0.05) is 51.9 Å². The Morgan fingerprint density at radius 3 is 2.68 bits per heavy atom. The third-order valence-corrected chi connectivity index (χ3v) is 6.27. The fourth-order valence-corrected chi connectivity index (χ4v) is 4.61. The second-order valence-electron chi connectivity index (χ2n) is 8.72. The maximum Gasteiger partial charge on any atom is 0.191 e. The van der Waals surface area contributed by atoms with Crippen LogP contribution in [0.25, 0.3) is 0 Å². The summed E-state index contributed by atoms with van der Waals surface area (Å²) in [6.45, 7) is 11.5. The lowest BCUT2D eigenvalue weighted by molar-refractivity contribution is 0.134. The summed E-state index contributed by atoms with van der Waals surface area (Å²) in [7, 11) is 1.88. The second kappa shape index (κ2) is 10.8. The van der Waals surface area contributed by atoms with Gasteiger partial charge in [-0.3, -0.25) is 9.89 Å². The Balaban J connectivity index is 1.38. The Labute approximate surface area is 171 Å². The molecular weight excluding hydrogens is 346 g/mol. The van der Waals surface area contributed by atoms with Crippen LogP contribution in [0.5, 0.6) is 0 Å². The summed E-state index contributed by atoms with van der Waals surface area (Å²) in [6.07, 6.45) is 5.06. The number of piperidine rings is 2. The zero-order valence-corrected chi connectivity index (χ0v) is 18.0. The van der Waals surface area contributed by atoms with Crippen LogP contribution in [0, 0.1) is 5.92 Å². The highest BCUT2D eigenvalue weighted by molar-refractivity contribution is 5.79. The van der Waals surface area contributed by atoms with E-state index in [1.54, 1.807) is 0 Å². The highest BCUT2D eigenvalue weighted by atomic mass is 15.2. The summed E-state index contributed by atoms with van der Waals surface area (Å²) in [5, 5.41) is 7.19. The van der Waals surface area contributed by atoms with E-state index in [-0.39, 0.29) is 0 Å². The normalized spacial score (nSPS) is 27.5. The summed E-state index contributed by atoms with van der Waals surface area (Å²) in [6, 6.07) is 11.9. The number of aliphatic imine (C=N–C) groups is 1. The SMILES string of the molecule is CN=C(NCCN1CCCC(C)C1)NC1CCN(Cc2ccccc2)C(C)C1. The molecule has 5 nitrogen and oxygen atoms in total. The van der Waals surface area contributed by atoms with Crippen LogP contribution in [0.4, 0.5) is 0 Å².